The predicted molar refractivity (Wildman–Crippen MR) is 109 cm³/mol. The molecule has 0 aromatic heterocycles. The van der Waals surface area contributed by atoms with E-state index >= 15 is 0 Å². The summed E-state index contributed by atoms with van der Waals surface area (Å²) >= 11 is 0. The molecule has 31 heavy (non-hydrogen) atoms. The summed E-state index contributed by atoms with van der Waals surface area (Å²) < 4.78 is 65.9. The number of nitrogens with one attached hydrogen (secondary N) is 2. The van der Waals surface area contributed by atoms with Crippen LogP contribution in [0, 0.1) is 0 Å². The molecular weight excluding hydrogens is 434 g/mol. The second-order valence-electron chi connectivity index (χ2n) is 6.28. The first-order valence-electron chi connectivity index (χ1n) is 9.25. The lowest BCUT2D eigenvalue weighted by molar-refractivity contribution is -0.0512. The zero-order valence-electron chi connectivity index (χ0n) is 17.1. The van der Waals surface area contributed by atoms with Gasteiger partial charge in [0.2, 0.25) is 10.0 Å². The first kappa shape index (κ1) is 24.5. The van der Waals surface area contributed by atoms with Crippen molar-refractivity contribution >= 4 is 15.9 Å². The molecule has 2 rings (SSSR count). The molecule has 1 amide bonds. The molecule has 0 spiro atoms. The van der Waals surface area contributed by atoms with Gasteiger partial charge < -0.3 is 19.5 Å². The van der Waals surface area contributed by atoms with Gasteiger partial charge in [-0.05, 0) is 48.4 Å². The third-order valence-corrected chi connectivity index (χ3v) is 5.65. The molecular formula is C20H24F2N2O6S. The van der Waals surface area contributed by atoms with E-state index in [2.05, 4.69) is 14.8 Å². The molecule has 0 unspecified atom stereocenters. The van der Waals surface area contributed by atoms with Crippen LogP contribution < -0.4 is 19.5 Å². The average molecular weight is 458 g/mol. The number of rotatable bonds is 12. The summed E-state index contributed by atoms with van der Waals surface area (Å²) in [6, 6.07) is 10.1. The van der Waals surface area contributed by atoms with Gasteiger partial charge in [0, 0.05) is 25.8 Å². The minimum atomic E-state index is -3.68. The van der Waals surface area contributed by atoms with Gasteiger partial charge in [-0.15, -0.1) is 0 Å². The summed E-state index contributed by atoms with van der Waals surface area (Å²) in [7, 11) is -0.872. The molecule has 0 aliphatic rings. The van der Waals surface area contributed by atoms with Crippen molar-refractivity contribution < 1.29 is 36.2 Å². The molecule has 2 aromatic rings. The Hall–Kier alpha value is -2.76. The number of alkyl halides is 2. The van der Waals surface area contributed by atoms with E-state index in [1.54, 1.807) is 6.07 Å². The number of amides is 1. The maximum absolute atomic E-state index is 12.5. The van der Waals surface area contributed by atoms with Crippen LogP contribution in [0.1, 0.15) is 15.9 Å². The van der Waals surface area contributed by atoms with Crippen LogP contribution in [0.15, 0.2) is 47.4 Å². The summed E-state index contributed by atoms with van der Waals surface area (Å²) in [5, 5.41) is 2.70. The number of hydrogen-bond acceptors (Lipinski definition) is 6. The van der Waals surface area contributed by atoms with Gasteiger partial charge >= 0.3 is 6.61 Å². The smallest absolute Gasteiger partial charge is 0.387 e. The van der Waals surface area contributed by atoms with Crippen LogP contribution in [-0.2, 0) is 21.2 Å². The molecule has 0 fully saturated rings. The summed E-state index contributed by atoms with van der Waals surface area (Å²) in [6.07, 6.45) is 0.366. The van der Waals surface area contributed by atoms with Gasteiger partial charge in [-0.1, -0.05) is 6.07 Å². The average Bonchev–Trinajstić information content (AvgIpc) is 2.73. The second-order valence-corrected chi connectivity index (χ2v) is 8.05. The third-order valence-electron chi connectivity index (χ3n) is 4.17. The minimum absolute atomic E-state index is 0.0324. The van der Waals surface area contributed by atoms with E-state index < -0.39 is 22.5 Å². The van der Waals surface area contributed by atoms with Gasteiger partial charge in [0.25, 0.3) is 5.91 Å². The Morgan fingerprint density at radius 1 is 1.03 bits per heavy atom. The van der Waals surface area contributed by atoms with Crippen molar-refractivity contribution in [2.45, 2.75) is 17.9 Å². The van der Waals surface area contributed by atoms with Crippen LogP contribution >= 0.6 is 0 Å². The van der Waals surface area contributed by atoms with E-state index in [4.69, 9.17) is 9.47 Å². The zero-order chi connectivity index (χ0) is 22.9. The largest absolute Gasteiger partial charge is 0.493 e. The van der Waals surface area contributed by atoms with E-state index in [-0.39, 0.29) is 41.7 Å². The van der Waals surface area contributed by atoms with Crippen LogP contribution in [0.2, 0.25) is 0 Å². The number of ether oxygens (including phenoxy) is 3. The number of carbonyl (C=O) groups excluding carboxylic acids is 1. The van der Waals surface area contributed by atoms with Crippen molar-refractivity contribution in [3.63, 3.8) is 0 Å². The first-order valence-corrected chi connectivity index (χ1v) is 10.7. The van der Waals surface area contributed by atoms with E-state index in [0.29, 0.717) is 12.0 Å². The molecule has 0 aliphatic heterocycles. The second kappa shape index (κ2) is 11.6. The molecule has 0 atom stereocenters. The number of sulfonamides is 1. The Kier molecular flexibility index (Phi) is 9.16. The number of benzene rings is 2. The predicted octanol–water partition coefficient (Wildman–Crippen LogP) is 2.19. The van der Waals surface area contributed by atoms with Crippen LogP contribution in [0.3, 0.4) is 0 Å². The molecule has 0 heterocycles. The first-order chi connectivity index (χ1) is 14.8. The highest BCUT2D eigenvalue weighted by Crippen LogP contribution is 2.29. The Morgan fingerprint density at radius 2 is 1.74 bits per heavy atom. The molecule has 2 N–H and O–H groups in total. The van der Waals surface area contributed by atoms with Gasteiger partial charge in [-0.25, -0.2) is 13.1 Å². The van der Waals surface area contributed by atoms with Crippen molar-refractivity contribution in [3.8, 4) is 11.5 Å². The summed E-state index contributed by atoms with van der Waals surface area (Å²) in [4.78, 5) is 12.3. The Bertz CT molecular complexity index is 968. The van der Waals surface area contributed by atoms with Crippen LogP contribution in [0.25, 0.3) is 0 Å². The van der Waals surface area contributed by atoms with E-state index in [9.17, 15) is 22.0 Å². The lowest BCUT2D eigenvalue weighted by Crippen LogP contribution is -2.28. The molecule has 0 aliphatic carbocycles. The number of halogens is 2. The summed E-state index contributed by atoms with van der Waals surface area (Å²) in [5.41, 5.74) is 0.951. The molecule has 8 nitrogen and oxygen atoms in total. The highest BCUT2D eigenvalue weighted by Gasteiger charge is 2.15. The fraction of sp³-hybridized carbons (Fsp3) is 0.350. The van der Waals surface area contributed by atoms with Gasteiger partial charge in [-0.2, -0.15) is 8.78 Å². The highest BCUT2D eigenvalue weighted by molar-refractivity contribution is 7.89. The quantitative estimate of drug-likeness (QED) is 0.473. The fourth-order valence-corrected chi connectivity index (χ4v) is 3.65. The summed E-state index contributed by atoms with van der Waals surface area (Å²) in [6.45, 7) is -2.37. The Balaban J connectivity index is 1.93. The normalized spacial score (nSPS) is 11.4. The van der Waals surface area contributed by atoms with Gasteiger partial charge in [0.1, 0.15) is 0 Å². The van der Waals surface area contributed by atoms with Gasteiger partial charge in [-0.3, -0.25) is 4.79 Å². The monoisotopic (exact) mass is 458 g/mol. The number of methoxy groups -OCH3 is 2. The lowest BCUT2D eigenvalue weighted by atomic mass is 10.1. The molecule has 2 aromatic carbocycles. The maximum Gasteiger partial charge on any atom is 0.387 e. The molecule has 11 heteroatoms. The van der Waals surface area contributed by atoms with Gasteiger partial charge in [0.05, 0.1) is 18.6 Å². The van der Waals surface area contributed by atoms with Crippen LogP contribution in [0.5, 0.6) is 11.5 Å². The minimum Gasteiger partial charge on any atom is -0.493 e. The van der Waals surface area contributed by atoms with Crippen molar-refractivity contribution in [3.05, 3.63) is 53.6 Å². The van der Waals surface area contributed by atoms with Gasteiger partial charge in [0.15, 0.2) is 11.5 Å². The zero-order valence-corrected chi connectivity index (χ0v) is 17.9. The van der Waals surface area contributed by atoms with Crippen molar-refractivity contribution in [1.82, 2.24) is 10.0 Å². The fourth-order valence-electron chi connectivity index (χ4n) is 2.63. The summed E-state index contributed by atoms with van der Waals surface area (Å²) in [5.74, 6) is -0.300. The maximum atomic E-state index is 12.5. The van der Waals surface area contributed by atoms with Crippen molar-refractivity contribution in [2.24, 2.45) is 0 Å². The molecule has 0 radical (unpaired) electrons. The molecule has 0 bridgehead atoms. The molecule has 0 saturated heterocycles. The SMILES string of the molecule is COCCNS(=O)(=O)c1ccc(C(=O)NCCc2ccc(OC)c(OC(F)F)c2)cc1. The van der Waals surface area contributed by atoms with Crippen molar-refractivity contribution in [1.29, 1.82) is 0 Å². The van der Waals surface area contributed by atoms with Crippen molar-refractivity contribution in [2.75, 3.05) is 33.9 Å². The van der Waals surface area contributed by atoms with E-state index in [1.165, 1.54) is 50.6 Å². The van der Waals surface area contributed by atoms with E-state index in [1.807, 2.05) is 0 Å². The Morgan fingerprint density at radius 3 is 2.35 bits per heavy atom. The third kappa shape index (κ3) is 7.46. The number of carbonyl (C=O) groups is 1. The Labute approximate surface area is 179 Å². The molecule has 170 valence electrons. The number of hydrogen-bond donors (Lipinski definition) is 2. The van der Waals surface area contributed by atoms with E-state index in [0.717, 1.165) is 0 Å². The topological polar surface area (TPSA) is 103 Å². The van der Waals surface area contributed by atoms with Crippen LogP contribution in [-0.4, -0.2) is 54.9 Å². The molecule has 0 saturated carbocycles. The van der Waals surface area contributed by atoms with Crippen LogP contribution in [0.4, 0.5) is 8.78 Å². The standard InChI is InChI=1S/C20H24F2N2O6S/c1-28-12-11-24-31(26,27)16-6-4-15(5-7-16)19(25)23-10-9-14-3-8-17(29-2)18(13-14)30-20(21)22/h3-8,13,20,24H,9-12H2,1-2H3,(H,23,25). The lowest BCUT2D eigenvalue weighted by Gasteiger charge is -2.12. The highest BCUT2D eigenvalue weighted by atomic mass is 32.2.